The van der Waals surface area contributed by atoms with Crippen molar-refractivity contribution >= 4 is 20.4 Å². The molecule has 0 amide bonds. The Labute approximate surface area is 96.5 Å². The van der Waals surface area contributed by atoms with Gasteiger partial charge in [-0.3, -0.25) is 0 Å². The SMILES string of the molecule is Cc1ccc([Si](C)(C)[Si](C)(C)C)cc1C. The van der Waals surface area contributed by atoms with Crippen LogP contribution in [0.15, 0.2) is 18.2 Å². The van der Waals surface area contributed by atoms with Gasteiger partial charge in [-0.05, 0) is 25.0 Å². The van der Waals surface area contributed by atoms with Crippen LogP contribution in [0.5, 0.6) is 0 Å². The third-order valence-electron chi connectivity index (χ3n) is 4.10. The van der Waals surface area contributed by atoms with Crippen molar-refractivity contribution in [3.05, 3.63) is 29.3 Å². The van der Waals surface area contributed by atoms with E-state index in [0.717, 1.165) is 0 Å². The molecule has 0 unspecified atom stereocenters. The van der Waals surface area contributed by atoms with Crippen LogP contribution in [0.4, 0.5) is 0 Å². The summed E-state index contributed by atoms with van der Waals surface area (Å²) in [5.41, 5.74) is 2.87. The number of rotatable bonds is 2. The van der Waals surface area contributed by atoms with Gasteiger partial charge in [0.05, 0.1) is 7.59 Å². The second-order valence-corrected chi connectivity index (χ2v) is 22.8. The van der Waals surface area contributed by atoms with E-state index in [1.807, 2.05) is 0 Å². The topological polar surface area (TPSA) is 0 Å². The molecule has 0 radical (unpaired) electrons. The summed E-state index contributed by atoms with van der Waals surface area (Å²) in [5, 5.41) is 1.64. The van der Waals surface area contributed by atoms with E-state index in [0.29, 0.717) is 0 Å². The van der Waals surface area contributed by atoms with Crippen LogP contribution in [-0.2, 0) is 0 Å². The zero-order valence-electron chi connectivity index (χ0n) is 11.2. The molecule has 1 aromatic carbocycles. The first-order chi connectivity index (χ1) is 6.66. The predicted molar refractivity (Wildman–Crippen MR) is 76.4 cm³/mol. The molecule has 0 heterocycles. The van der Waals surface area contributed by atoms with Gasteiger partial charge >= 0.3 is 0 Å². The second-order valence-electron chi connectivity index (χ2n) is 6.17. The Morgan fingerprint density at radius 1 is 0.800 bits per heavy atom. The predicted octanol–water partition coefficient (Wildman–Crippen LogP) is 3.64. The molecule has 0 aliphatic heterocycles. The Kier molecular flexibility index (Phi) is 3.31. The molecule has 0 atom stereocenters. The lowest BCUT2D eigenvalue weighted by atomic mass is 10.1. The molecule has 0 N–H and O–H groups in total. The lowest BCUT2D eigenvalue weighted by molar-refractivity contribution is 1.35. The summed E-state index contributed by atoms with van der Waals surface area (Å²) >= 11 is 0. The Hall–Kier alpha value is -0.346. The van der Waals surface area contributed by atoms with Gasteiger partial charge in [0.15, 0.2) is 0 Å². The quantitative estimate of drug-likeness (QED) is 0.688. The highest BCUT2D eigenvalue weighted by Crippen LogP contribution is 2.19. The molecule has 84 valence electrons. The van der Waals surface area contributed by atoms with Crippen molar-refractivity contribution in [2.24, 2.45) is 0 Å². The van der Waals surface area contributed by atoms with Crippen molar-refractivity contribution in [3.8, 4) is 0 Å². The van der Waals surface area contributed by atoms with E-state index < -0.39 is 15.2 Å². The smallest absolute Gasteiger partial charge is 0.0712 e. The number of hydrogen-bond acceptors (Lipinski definition) is 0. The van der Waals surface area contributed by atoms with Crippen LogP contribution in [0.1, 0.15) is 11.1 Å². The minimum atomic E-state index is -1.20. The first kappa shape index (κ1) is 12.7. The number of benzene rings is 1. The third kappa shape index (κ3) is 2.42. The molecule has 0 aliphatic carbocycles. The summed E-state index contributed by atoms with van der Waals surface area (Å²) in [6.45, 7) is 17.0. The van der Waals surface area contributed by atoms with E-state index in [1.54, 1.807) is 5.19 Å². The maximum Gasteiger partial charge on any atom is 0.0736 e. The molecule has 0 aliphatic rings. The monoisotopic (exact) mass is 236 g/mol. The van der Waals surface area contributed by atoms with Crippen LogP contribution in [0.3, 0.4) is 0 Å². The van der Waals surface area contributed by atoms with E-state index >= 15 is 0 Å². The maximum atomic E-state index is 2.53. The van der Waals surface area contributed by atoms with Crippen LogP contribution < -0.4 is 5.19 Å². The minimum absolute atomic E-state index is 1.03. The summed E-state index contributed by atoms with van der Waals surface area (Å²) in [6, 6.07) is 7.09. The highest BCUT2D eigenvalue weighted by atomic mass is 29.3. The fourth-order valence-corrected chi connectivity index (χ4v) is 6.57. The van der Waals surface area contributed by atoms with Crippen LogP contribution in [0, 0.1) is 13.8 Å². The van der Waals surface area contributed by atoms with Crippen molar-refractivity contribution in [1.82, 2.24) is 0 Å². The molecule has 0 bridgehead atoms. The lowest BCUT2D eigenvalue weighted by Crippen LogP contribution is -2.61. The van der Waals surface area contributed by atoms with E-state index in [2.05, 4.69) is 64.8 Å². The van der Waals surface area contributed by atoms with Crippen LogP contribution >= 0.6 is 0 Å². The highest BCUT2D eigenvalue weighted by molar-refractivity contribution is 7.45. The molecule has 15 heavy (non-hydrogen) atoms. The van der Waals surface area contributed by atoms with Gasteiger partial charge in [-0.1, -0.05) is 56.1 Å². The van der Waals surface area contributed by atoms with E-state index in [1.165, 1.54) is 11.1 Å². The van der Waals surface area contributed by atoms with Crippen molar-refractivity contribution in [1.29, 1.82) is 0 Å². The molecule has 1 aromatic rings. The maximum absolute atomic E-state index is 2.53. The fourth-order valence-electron chi connectivity index (χ4n) is 1.56. The van der Waals surface area contributed by atoms with Crippen LogP contribution in [-0.4, -0.2) is 15.2 Å². The highest BCUT2D eigenvalue weighted by Gasteiger charge is 2.38. The van der Waals surface area contributed by atoms with Crippen molar-refractivity contribution in [2.75, 3.05) is 0 Å². The van der Waals surface area contributed by atoms with Gasteiger partial charge < -0.3 is 0 Å². The van der Waals surface area contributed by atoms with Crippen LogP contribution in [0.25, 0.3) is 0 Å². The van der Waals surface area contributed by atoms with Gasteiger partial charge in [0.2, 0.25) is 0 Å². The van der Waals surface area contributed by atoms with Gasteiger partial charge in [0.25, 0.3) is 0 Å². The molecule has 2 heteroatoms. The number of aryl methyl sites for hydroxylation is 2. The van der Waals surface area contributed by atoms with Crippen LogP contribution in [0.2, 0.25) is 32.7 Å². The van der Waals surface area contributed by atoms with Crippen molar-refractivity contribution < 1.29 is 0 Å². The fraction of sp³-hybridized carbons (Fsp3) is 0.538. The molecule has 0 saturated heterocycles. The molecular formula is C13H24Si2. The largest absolute Gasteiger partial charge is 0.0736 e. The Morgan fingerprint density at radius 2 is 1.33 bits per heavy atom. The average Bonchev–Trinajstić information content (AvgIpc) is 2.07. The van der Waals surface area contributed by atoms with Gasteiger partial charge in [0, 0.05) is 7.59 Å². The van der Waals surface area contributed by atoms with Gasteiger partial charge in [-0.25, -0.2) is 0 Å². The first-order valence-electron chi connectivity index (χ1n) is 5.74. The Bertz CT molecular complexity index is 359. The Morgan fingerprint density at radius 3 is 1.73 bits per heavy atom. The van der Waals surface area contributed by atoms with Gasteiger partial charge in [-0.2, -0.15) is 0 Å². The summed E-state index contributed by atoms with van der Waals surface area (Å²) in [6.07, 6.45) is 0. The first-order valence-corrected chi connectivity index (χ1v) is 13.2. The van der Waals surface area contributed by atoms with Crippen molar-refractivity contribution in [2.45, 2.75) is 46.6 Å². The van der Waals surface area contributed by atoms with E-state index in [-0.39, 0.29) is 0 Å². The second kappa shape index (κ2) is 3.91. The molecular weight excluding hydrogens is 212 g/mol. The standard InChI is InChI=1S/C13H24Si2/c1-11-8-9-13(10-12(11)2)15(6,7)14(3,4)5/h8-10H,1-7H3. The van der Waals surface area contributed by atoms with Gasteiger partial charge in [0.1, 0.15) is 0 Å². The third-order valence-corrected chi connectivity index (χ3v) is 21.7. The zero-order valence-corrected chi connectivity index (χ0v) is 13.2. The zero-order chi connectivity index (χ0) is 11.9. The van der Waals surface area contributed by atoms with Gasteiger partial charge in [-0.15, -0.1) is 0 Å². The lowest BCUT2D eigenvalue weighted by Gasteiger charge is -2.36. The summed E-state index contributed by atoms with van der Waals surface area (Å²) in [4.78, 5) is 0. The number of hydrogen-bond donors (Lipinski definition) is 0. The molecule has 0 spiro atoms. The van der Waals surface area contributed by atoms with Crippen molar-refractivity contribution in [3.63, 3.8) is 0 Å². The summed E-state index contributed by atoms with van der Waals surface area (Å²) in [5.74, 6) is 0. The normalized spacial score (nSPS) is 13.0. The molecule has 1 rings (SSSR count). The Balaban J connectivity index is 3.22. The average molecular weight is 237 g/mol. The van der Waals surface area contributed by atoms with E-state index in [4.69, 9.17) is 0 Å². The summed E-state index contributed by atoms with van der Waals surface area (Å²) in [7, 11) is -2.22. The molecule has 0 nitrogen and oxygen atoms in total. The molecule has 0 fully saturated rings. The molecule has 0 aromatic heterocycles. The molecule has 0 saturated carbocycles. The minimum Gasteiger partial charge on any atom is -0.0712 e. The summed E-state index contributed by atoms with van der Waals surface area (Å²) < 4.78 is 0. The van der Waals surface area contributed by atoms with E-state index in [9.17, 15) is 0 Å².